The van der Waals surface area contributed by atoms with Crippen molar-refractivity contribution in [2.24, 2.45) is 0 Å². The summed E-state index contributed by atoms with van der Waals surface area (Å²) < 4.78 is 5.69. The first kappa shape index (κ1) is 15.6. The van der Waals surface area contributed by atoms with Crippen LogP contribution in [0.25, 0.3) is 0 Å². The fraction of sp³-hybridized carbons (Fsp3) is 0.471. The van der Waals surface area contributed by atoms with E-state index in [0.717, 1.165) is 43.2 Å². The molecule has 2 aromatic rings. The van der Waals surface area contributed by atoms with Crippen LogP contribution in [0.5, 0.6) is 0 Å². The average molecular weight is 318 g/mol. The number of hydrogen-bond acceptors (Lipinski definition) is 5. The SMILES string of the molecule is OCCN(Cc1ccccc1)Cc1csc(C2CCCO2)n1. The first-order valence-corrected chi connectivity index (χ1v) is 8.66. The molecule has 1 aliphatic rings. The highest BCUT2D eigenvalue weighted by Gasteiger charge is 2.21. The molecule has 1 aromatic heterocycles. The summed E-state index contributed by atoms with van der Waals surface area (Å²) in [7, 11) is 0. The monoisotopic (exact) mass is 318 g/mol. The van der Waals surface area contributed by atoms with E-state index < -0.39 is 0 Å². The van der Waals surface area contributed by atoms with E-state index in [1.165, 1.54) is 5.56 Å². The summed E-state index contributed by atoms with van der Waals surface area (Å²) in [5.41, 5.74) is 2.32. The normalized spacial score (nSPS) is 18.2. The van der Waals surface area contributed by atoms with Crippen LogP contribution in [0.2, 0.25) is 0 Å². The molecule has 1 saturated heterocycles. The van der Waals surface area contributed by atoms with E-state index in [0.29, 0.717) is 6.54 Å². The maximum atomic E-state index is 9.29. The first-order chi connectivity index (χ1) is 10.8. The third-order valence-electron chi connectivity index (χ3n) is 3.83. The Morgan fingerprint density at radius 2 is 2.14 bits per heavy atom. The molecule has 0 amide bonds. The van der Waals surface area contributed by atoms with Gasteiger partial charge in [0.25, 0.3) is 0 Å². The molecule has 0 saturated carbocycles. The molecule has 3 rings (SSSR count). The molecule has 1 fully saturated rings. The molecule has 118 valence electrons. The highest BCUT2D eigenvalue weighted by molar-refractivity contribution is 7.09. The largest absolute Gasteiger partial charge is 0.395 e. The van der Waals surface area contributed by atoms with Crippen LogP contribution in [-0.2, 0) is 17.8 Å². The predicted molar refractivity (Wildman–Crippen MR) is 87.7 cm³/mol. The van der Waals surface area contributed by atoms with Crippen molar-refractivity contribution in [1.82, 2.24) is 9.88 Å². The van der Waals surface area contributed by atoms with E-state index in [4.69, 9.17) is 9.72 Å². The number of ether oxygens (including phenoxy) is 1. The lowest BCUT2D eigenvalue weighted by Gasteiger charge is -2.20. The van der Waals surface area contributed by atoms with Crippen molar-refractivity contribution < 1.29 is 9.84 Å². The molecule has 22 heavy (non-hydrogen) atoms. The standard InChI is InChI=1S/C17H22N2O2S/c20-9-8-19(11-14-5-2-1-3-6-14)12-15-13-22-17(18-15)16-7-4-10-21-16/h1-3,5-6,13,16,20H,4,7-12H2. The Kier molecular flexibility index (Phi) is 5.56. The highest BCUT2D eigenvalue weighted by Crippen LogP contribution is 2.30. The summed E-state index contributed by atoms with van der Waals surface area (Å²) in [6, 6.07) is 10.3. The van der Waals surface area contributed by atoms with Crippen molar-refractivity contribution in [3.8, 4) is 0 Å². The van der Waals surface area contributed by atoms with Crippen molar-refractivity contribution >= 4 is 11.3 Å². The van der Waals surface area contributed by atoms with Gasteiger partial charge in [0, 0.05) is 31.6 Å². The maximum absolute atomic E-state index is 9.29. The van der Waals surface area contributed by atoms with E-state index in [1.54, 1.807) is 11.3 Å². The fourth-order valence-corrected chi connectivity index (χ4v) is 3.63. The molecular formula is C17H22N2O2S. The number of aliphatic hydroxyl groups is 1. The summed E-state index contributed by atoms with van der Waals surface area (Å²) in [6.07, 6.45) is 2.40. The van der Waals surface area contributed by atoms with Gasteiger partial charge in [0.2, 0.25) is 0 Å². The molecule has 4 nitrogen and oxygen atoms in total. The van der Waals surface area contributed by atoms with E-state index in [9.17, 15) is 5.11 Å². The molecule has 5 heteroatoms. The minimum atomic E-state index is 0.162. The van der Waals surface area contributed by atoms with Gasteiger partial charge in [0.1, 0.15) is 11.1 Å². The maximum Gasteiger partial charge on any atom is 0.122 e. The smallest absolute Gasteiger partial charge is 0.122 e. The second-order valence-corrected chi connectivity index (χ2v) is 6.49. The van der Waals surface area contributed by atoms with Gasteiger partial charge < -0.3 is 9.84 Å². The van der Waals surface area contributed by atoms with Crippen LogP contribution in [0.4, 0.5) is 0 Å². The molecule has 1 aromatic carbocycles. The van der Waals surface area contributed by atoms with Crippen LogP contribution in [0, 0.1) is 0 Å². The molecule has 0 bridgehead atoms. The third kappa shape index (κ3) is 4.14. The van der Waals surface area contributed by atoms with Gasteiger partial charge in [-0.15, -0.1) is 11.3 Å². The Balaban J connectivity index is 1.63. The molecular weight excluding hydrogens is 296 g/mol. The van der Waals surface area contributed by atoms with Gasteiger partial charge in [0.15, 0.2) is 0 Å². The van der Waals surface area contributed by atoms with Gasteiger partial charge in [-0.05, 0) is 18.4 Å². The van der Waals surface area contributed by atoms with Crippen molar-refractivity contribution in [2.45, 2.75) is 32.0 Å². The van der Waals surface area contributed by atoms with Crippen LogP contribution in [0.15, 0.2) is 35.7 Å². The third-order valence-corrected chi connectivity index (χ3v) is 4.81. The second-order valence-electron chi connectivity index (χ2n) is 5.60. The van der Waals surface area contributed by atoms with Gasteiger partial charge in [-0.25, -0.2) is 4.98 Å². The number of benzene rings is 1. The van der Waals surface area contributed by atoms with Gasteiger partial charge in [-0.1, -0.05) is 30.3 Å². The Morgan fingerprint density at radius 3 is 2.86 bits per heavy atom. The van der Waals surface area contributed by atoms with Crippen molar-refractivity contribution in [3.63, 3.8) is 0 Å². The van der Waals surface area contributed by atoms with Gasteiger partial charge in [0.05, 0.1) is 12.3 Å². The predicted octanol–water partition coefficient (Wildman–Crippen LogP) is 2.99. The fourth-order valence-electron chi connectivity index (χ4n) is 2.74. The number of hydrogen-bond donors (Lipinski definition) is 1. The van der Waals surface area contributed by atoms with Gasteiger partial charge >= 0.3 is 0 Å². The topological polar surface area (TPSA) is 45.6 Å². The van der Waals surface area contributed by atoms with E-state index in [2.05, 4.69) is 22.4 Å². The quantitative estimate of drug-likeness (QED) is 0.852. The summed E-state index contributed by atoms with van der Waals surface area (Å²) in [5.74, 6) is 0. The molecule has 1 N–H and O–H groups in total. The minimum absolute atomic E-state index is 0.162. The number of nitrogens with zero attached hydrogens (tertiary/aromatic N) is 2. The zero-order valence-corrected chi connectivity index (χ0v) is 13.5. The summed E-state index contributed by atoms with van der Waals surface area (Å²) in [4.78, 5) is 6.95. The zero-order chi connectivity index (χ0) is 15.2. The van der Waals surface area contributed by atoms with Crippen molar-refractivity contribution in [2.75, 3.05) is 19.8 Å². The van der Waals surface area contributed by atoms with E-state index in [-0.39, 0.29) is 12.7 Å². The van der Waals surface area contributed by atoms with Crippen LogP contribution in [0.1, 0.15) is 35.2 Å². The zero-order valence-electron chi connectivity index (χ0n) is 12.6. The molecule has 0 radical (unpaired) electrons. The van der Waals surface area contributed by atoms with Crippen molar-refractivity contribution in [1.29, 1.82) is 0 Å². The number of thiazole rings is 1. The lowest BCUT2D eigenvalue weighted by atomic mass is 10.2. The molecule has 1 unspecified atom stereocenters. The summed E-state index contributed by atoms with van der Waals surface area (Å²) >= 11 is 1.69. The Bertz CT molecular complexity index is 567. The lowest BCUT2D eigenvalue weighted by Crippen LogP contribution is -2.26. The summed E-state index contributed by atoms with van der Waals surface area (Å²) in [6.45, 7) is 3.26. The Hall–Kier alpha value is -1.27. The first-order valence-electron chi connectivity index (χ1n) is 7.78. The number of rotatable bonds is 7. The van der Waals surface area contributed by atoms with Crippen molar-refractivity contribution in [3.05, 3.63) is 52.0 Å². The number of aromatic nitrogens is 1. The highest BCUT2D eigenvalue weighted by atomic mass is 32.1. The van der Waals surface area contributed by atoms with Crippen LogP contribution in [0.3, 0.4) is 0 Å². The lowest BCUT2D eigenvalue weighted by molar-refractivity contribution is 0.111. The van der Waals surface area contributed by atoms with E-state index in [1.807, 2.05) is 18.2 Å². The van der Waals surface area contributed by atoms with Crippen LogP contribution >= 0.6 is 11.3 Å². The molecule has 1 atom stereocenters. The van der Waals surface area contributed by atoms with Crippen LogP contribution < -0.4 is 0 Å². The summed E-state index contributed by atoms with van der Waals surface area (Å²) in [5, 5.41) is 12.5. The van der Waals surface area contributed by atoms with Crippen LogP contribution in [-0.4, -0.2) is 34.7 Å². The van der Waals surface area contributed by atoms with Gasteiger partial charge in [-0.2, -0.15) is 0 Å². The van der Waals surface area contributed by atoms with Gasteiger partial charge in [-0.3, -0.25) is 4.90 Å². The molecule has 0 aliphatic carbocycles. The second kappa shape index (κ2) is 7.83. The molecule has 0 spiro atoms. The van der Waals surface area contributed by atoms with E-state index >= 15 is 0 Å². The molecule has 2 heterocycles. The minimum Gasteiger partial charge on any atom is -0.395 e. The Labute approximate surface area is 135 Å². The Morgan fingerprint density at radius 1 is 1.27 bits per heavy atom. The molecule has 1 aliphatic heterocycles. The number of aliphatic hydroxyl groups excluding tert-OH is 1. The average Bonchev–Trinajstić information content (AvgIpc) is 3.19.